The third-order valence-corrected chi connectivity index (χ3v) is 6.14. The van der Waals surface area contributed by atoms with E-state index >= 15 is 0 Å². The van der Waals surface area contributed by atoms with Crippen molar-refractivity contribution in [2.24, 2.45) is 4.99 Å². The number of hydrogen-bond acceptors (Lipinski definition) is 7. The smallest absolute Gasteiger partial charge is 0.255 e. The van der Waals surface area contributed by atoms with Gasteiger partial charge in [-0.05, 0) is 37.5 Å². The van der Waals surface area contributed by atoms with Crippen LogP contribution < -0.4 is 16.7 Å². The molecule has 4 heterocycles. The van der Waals surface area contributed by atoms with Gasteiger partial charge in [0.15, 0.2) is 17.1 Å². The maximum absolute atomic E-state index is 13.0. The maximum Gasteiger partial charge on any atom is 0.255 e. The van der Waals surface area contributed by atoms with Crippen molar-refractivity contribution in [3.63, 3.8) is 0 Å². The first-order valence-corrected chi connectivity index (χ1v) is 10.8. The number of H-pyrrole nitrogens is 1. The molecule has 2 aromatic heterocycles. The molecule has 0 bridgehead atoms. The summed E-state index contributed by atoms with van der Waals surface area (Å²) >= 11 is 6.04. The highest BCUT2D eigenvalue weighted by atomic mass is 35.5. The van der Waals surface area contributed by atoms with E-state index in [-0.39, 0.29) is 23.4 Å². The van der Waals surface area contributed by atoms with Gasteiger partial charge >= 0.3 is 0 Å². The fraction of sp³-hybridized carbons (Fsp3) is 0.364. The molecule has 5 rings (SSSR count). The summed E-state index contributed by atoms with van der Waals surface area (Å²) in [7, 11) is 0. The van der Waals surface area contributed by atoms with Crippen LogP contribution in [0.2, 0.25) is 5.02 Å². The number of aromatic amines is 1. The average Bonchev–Trinajstić information content (AvgIpc) is 2.78. The maximum atomic E-state index is 13.0. The molecule has 1 aromatic carbocycles. The van der Waals surface area contributed by atoms with Crippen LogP contribution in [0.1, 0.15) is 41.9 Å². The van der Waals surface area contributed by atoms with Crippen LogP contribution in [0.4, 0.5) is 5.88 Å². The quantitative estimate of drug-likeness (QED) is 0.647. The monoisotopic (exact) mass is 439 g/mol. The molecule has 0 atom stereocenters. The largest absolute Gasteiger partial charge is 0.440 e. The molecule has 0 saturated heterocycles. The molecule has 0 fully saturated rings. The van der Waals surface area contributed by atoms with Gasteiger partial charge in [-0.25, -0.2) is 4.98 Å². The number of nitrogen functional groups attached to an aromatic ring is 1. The van der Waals surface area contributed by atoms with Gasteiger partial charge in [-0.15, -0.1) is 0 Å². The van der Waals surface area contributed by atoms with Crippen molar-refractivity contribution in [3.8, 4) is 0 Å². The number of aliphatic imine (C=N–C) groups is 1. The van der Waals surface area contributed by atoms with E-state index in [4.69, 9.17) is 26.7 Å². The molecule has 2 aliphatic heterocycles. The predicted octanol–water partition coefficient (Wildman–Crippen LogP) is 2.64. The topological polar surface area (TPSA) is 118 Å². The average molecular weight is 440 g/mol. The van der Waals surface area contributed by atoms with Crippen LogP contribution in [-0.2, 0) is 19.5 Å². The molecule has 3 aromatic rings. The molecule has 9 heteroatoms. The minimum absolute atomic E-state index is 0.0864. The first-order valence-electron chi connectivity index (χ1n) is 10.4. The Labute approximate surface area is 182 Å². The molecule has 160 valence electrons. The van der Waals surface area contributed by atoms with Gasteiger partial charge in [0.1, 0.15) is 5.58 Å². The lowest BCUT2D eigenvalue weighted by molar-refractivity contribution is 0.240. The highest BCUT2D eigenvalue weighted by Gasteiger charge is 2.24. The molecule has 3 N–H and O–H groups in total. The minimum Gasteiger partial charge on any atom is -0.440 e. The Hall–Kier alpha value is -2.97. The van der Waals surface area contributed by atoms with Crippen molar-refractivity contribution in [2.75, 3.05) is 18.8 Å². The van der Waals surface area contributed by atoms with Crippen LogP contribution in [-0.4, -0.2) is 33.7 Å². The molecule has 0 unspecified atom stereocenters. The molecule has 0 saturated carbocycles. The number of nitrogens with one attached hydrogen (secondary N) is 1. The lowest BCUT2D eigenvalue weighted by Gasteiger charge is -2.27. The Balaban J connectivity index is 1.43. The summed E-state index contributed by atoms with van der Waals surface area (Å²) in [5, 5.41) is 0.852. The van der Waals surface area contributed by atoms with Gasteiger partial charge in [0.2, 0.25) is 0 Å². The first-order chi connectivity index (χ1) is 15.0. The van der Waals surface area contributed by atoms with Crippen molar-refractivity contribution in [1.82, 2.24) is 14.9 Å². The number of nitrogens with zero attached hydrogens (tertiary/aromatic N) is 3. The molecular weight excluding hydrogens is 418 g/mol. The number of benzene rings is 1. The molecular formula is C22H22ClN5O3. The van der Waals surface area contributed by atoms with Crippen molar-refractivity contribution in [2.45, 2.75) is 38.8 Å². The van der Waals surface area contributed by atoms with E-state index in [2.05, 4.69) is 9.98 Å². The van der Waals surface area contributed by atoms with Gasteiger partial charge in [-0.2, -0.15) is 0 Å². The van der Waals surface area contributed by atoms with Gasteiger partial charge in [0, 0.05) is 37.6 Å². The molecule has 31 heavy (non-hydrogen) atoms. The number of halogens is 1. The minimum atomic E-state index is -0.204. The van der Waals surface area contributed by atoms with Crippen LogP contribution >= 0.6 is 11.6 Å². The standard InChI is InChI=1S/C22H22ClN5O3/c23-12-4-5-18-13(9-12)19(29)15(20(24)31-18)11-28-8-6-16-14(10-28)22(30)27-21(26-16)17-3-1-2-7-25-17/h4-5,9H,1-3,6-8,10-11,24H2,(H,26,27,30). The molecule has 0 spiro atoms. The van der Waals surface area contributed by atoms with E-state index in [1.165, 1.54) is 0 Å². The normalized spacial score (nSPS) is 16.9. The Morgan fingerprint density at radius 3 is 2.90 bits per heavy atom. The summed E-state index contributed by atoms with van der Waals surface area (Å²) in [4.78, 5) is 39.9. The summed E-state index contributed by atoms with van der Waals surface area (Å²) in [6.45, 7) is 2.10. The second-order valence-electron chi connectivity index (χ2n) is 8.00. The highest BCUT2D eigenvalue weighted by molar-refractivity contribution is 6.31. The Kier molecular flexibility index (Phi) is 5.11. The molecule has 0 aliphatic carbocycles. The van der Waals surface area contributed by atoms with Crippen molar-refractivity contribution >= 4 is 34.2 Å². The van der Waals surface area contributed by atoms with Crippen molar-refractivity contribution in [1.29, 1.82) is 0 Å². The fourth-order valence-corrected chi connectivity index (χ4v) is 4.41. The van der Waals surface area contributed by atoms with E-state index < -0.39 is 0 Å². The van der Waals surface area contributed by atoms with E-state index in [9.17, 15) is 9.59 Å². The number of nitrogens with two attached hydrogens (primary N) is 1. The van der Waals surface area contributed by atoms with E-state index in [1.54, 1.807) is 18.2 Å². The van der Waals surface area contributed by atoms with Crippen LogP contribution in [0.15, 0.2) is 37.2 Å². The van der Waals surface area contributed by atoms with Crippen LogP contribution in [0.3, 0.4) is 0 Å². The SMILES string of the molecule is Nc1oc2ccc(Cl)cc2c(=O)c1CN1CCc2nc(C3=NCCCC3)[nH]c(=O)c2C1. The first kappa shape index (κ1) is 20.0. The van der Waals surface area contributed by atoms with E-state index in [0.717, 1.165) is 37.2 Å². The number of anilines is 1. The molecule has 0 amide bonds. The number of fused-ring (bicyclic) bond motifs is 2. The van der Waals surface area contributed by atoms with Gasteiger partial charge in [-0.3, -0.25) is 19.5 Å². The van der Waals surface area contributed by atoms with Crippen molar-refractivity contribution in [3.05, 3.63) is 66.4 Å². The number of rotatable bonds is 3. The summed E-state index contributed by atoms with van der Waals surface area (Å²) < 4.78 is 5.65. The number of aromatic nitrogens is 2. The van der Waals surface area contributed by atoms with Gasteiger partial charge < -0.3 is 15.1 Å². The number of hydrogen-bond donors (Lipinski definition) is 2. The fourth-order valence-electron chi connectivity index (χ4n) is 4.24. The van der Waals surface area contributed by atoms with Gasteiger partial charge in [0.25, 0.3) is 5.56 Å². The Morgan fingerprint density at radius 2 is 2.10 bits per heavy atom. The summed E-state index contributed by atoms with van der Waals surface area (Å²) in [5.41, 5.74) is 8.77. The zero-order valence-corrected chi connectivity index (χ0v) is 17.7. The highest BCUT2D eigenvalue weighted by Crippen LogP contribution is 2.23. The van der Waals surface area contributed by atoms with Crippen LogP contribution in [0.25, 0.3) is 11.0 Å². The van der Waals surface area contributed by atoms with Crippen molar-refractivity contribution < 1.29 is 4.42 Å². The Morgan fingerprint density at radius 1 is 1.23 bits per heavy atom. The summed E-state index contributed by atoms with van der Waals surface area (Å²) in [5.74, 6) is 0.677. The van der Waals surface area contributed by atoms with E-state index in [0.29, 0.717) is 52.5 Å². The molecule has 8 nitrogen and oxygen atoms in total. The lowest BCUT2D eigenvalue weighted by Crippen LogP contribution is -2.37. The second-order valence-corrected chi connectivity index (χ2v) is 8.44. The van der Waals surface area contributed by atoms with Gasteiger partial charge in [0.05, 0.1) is 27.9 Å². The van der Waals surface area contributed by atoms with Crippen LogP contribution in [0.5, 0.6) is 0 Å². The zero-order chi connectivity index (χ0) is 21.5. The summed E-state index contributed by atoms with van der Waals surface area (Å²) in [6.07, 6.45) is 3.60. The molecule has 2 aliphatic rings. The third-order valence-electron chi connectivity index (χ3n) is 5.90. The predicted molar refractivity (Wildman–Crippen MR) is 120 cm³/mol. The Bertz CT molecular complexity index is 1330. The van der Waals surface area contributed by atoms with E-state index in [1.807, 2.05) is 4.90 Å². The lowest BCUT2D eigenvalue weighted by atomic mass is 10.0. The molecule has 0 radical (unpaired) electrons. The zero-order valence-electron chi connectivity index (χ0n) is 16.9. The van der Waals surface area contributed by atoms with Gasteiger partial charge in [-0.1, -0.05) is 11.6 Å². The summed E-state index contributed by atoms with van der Waals surface area (Å²) in [6, 6.07) is 4.87. The third kappa shape index (κ3) is 3.77. The van der Waals surface area contributed by atoms with Crippen LogP contribution in [0, 0.1) is 0 Å². The second kappa shape index (κ2) is 7.94.